The number of nitrogens with zero attached hydrogens (tertiary/aromatic N) is 2. The SMILES string of the molecule is CC(C)CN/N=C(\N=N)C(=O)CC(C)C. The molecule has 0 spiro atoms. The van der Waals surface area contributed by atoms with Crippen molar-refractivity contribution in [2.45, 2.75) is 34.1 Å². The minimum absolute atomic E-state index is 0.0376. The van der Waals surface area contributed by atoms with Crippen LogP contribution in [-0.2, 0) is 4.79 Å². The van der Waals surface area contributed by atoms with Gasteiger partial charge in [-0.15, -0.1) is 5.11 Å². The second-order valence-electron chi connectivity index (χ2n) is 4.32. The Kier molecular flexibility index (Phi) is 6.49. The first-order chi connectivity index (χ1) is 6.97. The van der Waals surface area contributed by atoms with Crippen LogP contribution in [0, 0.1) is 17.4 Å². The number of carbonyl (C=O) groups excluding carboxylic acids is 1. The molecule has 2 N–H and O–H groups in total. The molecule has 0 aliphatic rings. The Balaban J connectivity index is 4.21. The van der Waals surface area contributed by atoms with Crippen LogP contribution in [0.5, 0.6) is 0 Å². The summed E-state index contributed by atoms with van der Waals surface area (Å²) in [5, 5.41) is 6.92. The molecular weight excluding hydrogens is 192 g/mol. The molecule has 0 bridgehead atoms. The molecule has 0 amide bonds. The Labute approximate surface area is 90.8 Å². The monoisotopic (exact) mass is 212 g/mol. The van der Waals surface area contributed by atoms with Gasteiger partial charge >= 0.3 is 0 Å². The van der Waals surface area contributed by atoms with Crippen LogP contribution < -0.4 is 5.43 Å². The number of hydrazone groups is 1. The van der Waals surface area contributed by atoms with Crippen molar-refractivity contribution < 1.29 is 4.79 Å². The molecule has 0 radical (unpaired) electrons. The van der Waals surface area contributed by atoms with Gasteiger partial charge in [0, 0.05) is 13.0 Å². The molecule has 15 heavy (non-hydrogen) atoms. The van der Waals surface area contributed by atoms with E-state index in [-0.39, 0.29) is 17.5 Å². The zero-order chi connectivity index (χ0) is 11.8. The molecule has 0 saturated heterocycles. The Morgan fingerprint density at radius 2 is 1.87 bits per heavy atom. The van der Waals surface area contributed by atoms with Gasteiger partial charge in [-0.2, -0.15) is 5.10 Å². The van der Waals surface area contributed by atoms with Crippen molar-refractivity contribution in [1.82, 2.24) is 5.43 Å². The molecule has 5 heteroatoms. The first-order valence-electron chi connectivity index (χ1n) is 5.18. The Morgan fingerprint density at radius 1 is 1.27 bits per heavy atom. The highest BCUT2D eigenvalue weighted by molar-refractivity contribution is 6.38. The second-order valence-corrected chi connectivity index (χ2v) is 4.32. The van der Waals surface area contributed by atoms with Crippen molar-refractivity contribution in [1.29, 1.82) is 5.53 Å². The molecule has 0 aromatic rings. The van der Waals surface area contributed by atoms with E-state index in [1.165, 1.54) is 0 Å². The van der Waals surface area contributed by atoms with Crippen LogP contribution in [0.4, 0.5) is 0 Å². The maximum atomic E-state index is 11.5. The number of rotatable bonds is 6. The summed E-state index contributed by atoms with van der Waals surface area (Å²) in [5.74, 6) is 0.482. The van der Waals surface area contributed by atoms with Crippen molar-refractivity contribution in [3.05, 3.63) is 0 Å². The second kappa shape index (κ2) is 7.09. The van der Waals surface area contributed by atoms with Gasteiger partial charge in [0.25, 0.3) is 0 Å². The molecular formula is C10H20N4O. The average Bonchev–Trinajstić information content (AvgIpc) is 2.10. The Bertz CT molecular complexity index is 246. The van der Waals surface area contributed by atoms with E-state index in [1.54, 1.807) is 0 Å². The molecule has 0 fully saturated rings. The normalized spacial score (nSPS) is 12.0. The minimum atomic E-state index is -0.184. The number of hydrogen-bond donors (Lipinski definition) is 2. The summed E-state index contributed by atoms with van der Waals surface area (Å²) in [5.41, 5.74) is 9.60. The van der Waals surface area contributed by atoms with Crippen LogP contribution in [0.3, 0.4) is 0 Å². The summed E-state index contributed by atoms with van der Waals surface area (Å²) < 4.78 is 0. The Hall–Kier alpha value is -1.26. The summed E-state index contributed by atoms with van der Waals surface area (Å²) in [6, 6.07) is 0. The molecule has 86 valence electrons. The number of nitrogens with one attached hydrogen (secondary N) is 2. The van der Waals surface area contributed by atoms with E-state index in [0.717, 1.165) is 0 Å². The van der Waals surface area contributed by atoms with E-state index in [0.29, 0.717) is 18.9 Å². The molecule has 0 aromatic carbocycles. The van der Waals surface area contributed by atoms with Gasteiger partial charge in [0.2, 0.25) is 11.6 Å². The molecule has 0 aromatic heterocycles. The van der Waals surface area contributed by atoms with Crippen molar-refractivity contribution in [3.8, 4) is 0 Å². The summed E-state index contributed by atoms with van der Waals surface area (Å²) in [6.07, 6.45) is 0.380. The third kappa shape index (κ3) is 6.76. The fourth-order valence-corrected chi connectivity index (χ4v) is 0.915. The number of amidine groups is 1. The lowest BCUT2D eigenvalue weighted by atomic mass is 10.1. The van der Waals surface area contributed by atoms with Gasteiger partial charge < -0.3 is 5.43 Å². The number of carbonyl (C=O) groups is 1. The van der Waals surface area contributed by atoms with Gasteiger partial charge in [-0.3, -0.25) is 4.79 Å². The summed E-state index contributed by atoms with van der Waals surface area (Å²) in [6.45, 7) is 8.64. The van der Waals surface area contributed by atoms with Crippen molar-refractivity contribution in [2.24, 2.45) is 22.1 Å². The summed E-state index contributed by atoms with van der Waals surface area (Å²) >= 11 is 0. The van der Waals surface area contributed by atoms with Crippen LogP contribution in [0.15, 0.2) is 10.2 Å². The van der Waals surface area contributed by atoms with Crippen molar-refractivity contribution in [2.75, 3.05) is 6.54 Å². The number of ketones is 1. The van der Waals surface area contributed by atoms with Crippen LogP contribution in [0.25, 0.3) is 0 Å². The lowest BCUT2D eigenvalue weighted by Gasteiger charge is -2.05. The fraction of sp³-hybridized carbons (Fsp3) is 0.800. The summed E-state index contributed by atoms with van der Waals surface area (Å²) in [7, 11) is 0. The van der Waals surface area contributed by atoms with E-state index >= 15 is 0 Å². The standard InChI is InChI=1S/C10H20N4O/c1-7(2)5-9(15)10(13-11)14-12-6-8(3)4/h7-8,11-12H,5-6H2,1-4H3/b13-11?,14-10-. The minimum Gasteiger partial charge on any atom is -0.308 e. The number of hydrogen-bond acceptors (Lipinski definition) is 4. The summed E-state index contributed by atoms with van der Waals surface area (Å²) in [4.78, 5) is 11.5. The van der Waals surface area contributed by atoms with Gasteiger partial charge in [-0.25, -0.2) is 5.53 Å². The van der Waals surface area contributed by atoms with Crippen LogP contribution >= 0.6 is 0 Å². The van der Waals surface area contributed by atoms with Crippen molar-refractivity contribution >= 4 is 11.6 Å². The molecule has 0 heterocycles. The highest BCUT2D eigenvalue weighted by atomic mass is 16.1. The lowest BCUT2D eigenvalue weighted by Crippen LogP contribution is -2.20. The topological polar surface area (TPSA) is 77.7 Å². The van der Waals surface area contributed by atoms with Gasteiger partial charge in [0.15, 0.2) is 0 Å². The van der Waals surface area contributed by atoms with E-state index in [2.05, 4.69) is 15.6 Å². The first kappa shape index (κ1) is 13.7. The maximum absolute atomic E-state index is 11.5. The molecule has 0 unspecified atom stereocenters. The molecule has 0 rings (SSSR count). The molecule has 0 atom stereocenters. The van der Waals surface area contributed by atoms with Gasteiger partial charge in [-0.05, 0) is 11.8 Å². The zero-order valence-corrected chi connectivity index (χ0v) is 9.87. The fourth-order valence-electron chi connectivity index (χ4n) is 0.915. The maximum Gasteiger partial charge on any atom is 0.235 e. The third-order valence-corrected chi connectivity index (χ3v) is 1.63. The van der Waals surface area contributed by atoms with Crippen LogP contribution in [-0.4, -0.2) is 18.2 Å². The first-order valence-corrected chi connectivity index (χ1v) is 5.18. The lowest BCUT2D eigenvalue weighted by molar-refractivity contribution is -0.113. The van der Waals surface area contributed by atoms with E-state index in [4.69, 9.17) is 5.53 Å². The third-order valence-electron chi connectivity index (χ3n) is 1.63. The quantitative estimate of drug-likeness (QED) is 0.306. The Morgan fingerprint density at radius 3 is 2.27 bits per heavy atom. The smallest absolute Gasteiger partial charge is 0.235 e. The molecule has 0 saturated carbocycles. The zero-order valence-electron chi connectivity index (χ0n) is 9.87. The largest absolute Gasteiger partial charge is 0.308 e. The van der Waals surface area contributed by atoms with Crippen LogP contribution in [0.1, 0.15) is 34.1 Å². The highest BCUT2D eigenvalue weighted by Gasteiger charge is 2.12. The van der Waals surface area contributed by atoms with Crippen LogP contribution in [0.2, 0.25) is 0 Å². The highest BCUT2D eigenvalue weighted by Crippen LogP contribution is 2.01. The molecule has 0 aliphatic heterocycles. The van der Waals surface area contributed by atoms with Gasteiger partial charge in [-0.1, -0.05) is 27.7 Å². The van der Waals surface area contributed by atoms with Gasteiger partial charge in [0.1, 0.15) is 0 Å². The predicted molar refractivity (Wildman–Crippen MR) is 59.9 cm³/mol. The van der Waals surface area contributed by atoms with E-state index < -0.39 is 0 Å². The van der Waals surface area contributed by atoms with E-state index in [9.17, 15) is 4.79 Å². The van der Waals surface area contributed by atoms with Crippen molar-refractivity contribution in [3.63, 3.8) is 0 Å². The van der Waals surface area contributed by atoms with E-state index in [1.807, 2.05) is 27.7 Å². The average molecular weight is 212 g/mol. The number of Topliss-reactive ketones (excluding diaryl/α,β-unsaturated/α-hetero) is 1. The molecule has 0 aliphatic carbocycles. The van der Waals surface area contributed by atoms with Gasteiger partial charge in [0.05, 0.1) is 0 Å². The predicted octanol–water partition coefficient (Wildman–Crippen LogP) is 2.19. The molecule has 5 nitrogen and oxygen atoms in total.